The summed E-state index contributed by atoms with van der Waals surface area (Å²) < 4.78 is 22.4. The van der Waals surface area contributed by atoms with E-state index in [4.69, 9.17) is 18.9 Å². The standard InChI is InChI=1S/C57H111N3O8S8/c1-6-10-14-18-21-25-47-70-74-51-43-66-55(62)31-39-59(38-30-54(61)65-42-50-73-69-46-24-17-13-9-4)36-28-34-58(5)35-29-37-60(40-32-56(63)67-44-52-75-71-48-26-22-19-15-11-7-2)41-33-57(64)68-45-53-76-72-49-27-23-20-16-12-8-3/h6-53H2,1-5H3. The zero-order chi connectivity index (χ0) is 55.5. The van der Waals surface area contributed by atoms with Crippen LogP contribution in [0.15, 0.2) is 0 Å². The zero-order valence-electron chi connectivity index (χ0n) is 48.8. The average molecular weight is 1220 g/mol. The highest BCUT2D eigenvalue weighted by Crippen LogP contribution is 2.26. The predicted molar refractivity (Wildman–Crippen MR) is 346 cm³/mol. The lowest BCUT2D eigenvalue weighted by molar-refractivity contribution is -0.145. The van der Waals surface area contributed by atoms with E-state index in [2.05, 4.69) is 49.4 Å². The highest BCUT2D eigenvalue weighted by molar-refractivity contribution is 8.77. The van der Waals surface area contributed by atoms with Gasteiger partial charge in [-0.3, -0.25) is 19.2 Å². The van der Waals surface area contributed by atoms with E-state index in [0.717, 1.165) is 85.0 Å². The molecular formula is C57H111N3O8S8. The molecule has 11 nitrogen and oxygen atoms in total. The molecule has 0 radical (unpaired) electrons. The maximum atomic E-state index is 12.8. The van der Waals surface area contributed by atoms with E-state index < -0.39 is 0 Å². The number of unbranched alkanes of at least 4 members (excludes halogenated alkanes) is 18. The molecule has 19 heteroatoms. The van der Waals surface area contributed by atoms with Gasteiger partial charge in [-0.1, -0.05) is 230 Å². The first-order valence-electron chi connectivity index (χ1n) is 30.0. The lowest BCUT2D eigenvalue weighted by Gasteiger charge is -2.25. The fourth-order valence-electron chi connectivity index (χ4n) is 7.84. The van der Waals surface area contributed by atoms with Crippen molar-refractivity contribution in [2.45, 2.75) is 207 Å². The summed E-state index contributed by atoms with van der Waals surface area (Å²) in [7, 11) is 16.7. The van der Waals surface area contributed by atoms with Gasteiger partial charge < -0.3 is 33.6 Å². The van der Waals surface area contributed by atoms with E-state index in [1.165, 1.54) is 141 Å². The molecule has 0 aromatic heterocycles. The molecule has 0 aliphatic heterocycles. The quantitative estimate of drug-likeness (QED) is 0.0249. The molecule has 0 spiro atoms. The van der Waals surface area contributed by atoms with Gasteiger partial charge >= 0.3 is 23.9 Å². The Bertz CT molecular complexity index is 1250. The van der Waals surface area contributed by atoms with Gasteiger partial charge in [0.2, 0.25) is 0 Å². The summed E-state index contributed by atoms with van der Waals surface area (Å²) in [5, 5.41) is 0. The minimum Gasteiger partial charge on any atom is -0.465 e. The van der Waals surface area contributed by atoms with Gasteiger partial charge in [-0.05, 0) is 71.8 Å². The molecule has 0 heterocycles. The summed E-state index contributed by atoms with van der Waals surface area (Å²) in [6, 6.07) is 0. The lowest BCUT2D eigenvalue weighted by Crippen LogP contribution is -2.34. The summed E-state index contributed by atoms with van der Waals surface area (Å²) in [5.41, 5.74) is 0. The van der Waals surface area contributed by atoms with Crippen molar-refractivity contribution in [1.82, 2.24) is 14.7 Å². The summed E-state index contributed by atoms with van der Waals surface area (Å²) in [6.07, 6.45) is 31.4. The molecule has 0 aromatic rings. The van der Waals surface area contributed by atoms with Crippen molar-refractivity contribution in [3.63, 3.8) is 0 Å². The molecule has 0 saturated carbocycles. The van der Waals surface area contributed by atoms with Crippen LogP contribution in [0.3, 0.4) is 0 Å². The molecule has 0 aromatic carbocycles. The summed E-state index contributed by atoms with van der Waals surface area (Å²) in [5.74, 6) is 6.93. The molecule has 76 heavy (non-hydrogen) atoms. The van der Waals surface area contributed by atoms with E-state index in [1.54, 1.807) is 43.2 Å². The largest absolute Gasteiger partial charge is 0.465 e. The van der Waals surface area contributed by atoms with E-state index in [-0.39, 0.29) is 36.7 Å². The highest BCUT2D eigenvalue weighted by Gasteiger charge is 2.16. The maximum Gasteiger partial charge on any atom is 0.307 e. The van der Waals surface area contributed by atoms with Gasteiger partial charge in [0, 0.05) is 72.2 Å². The Morgan fingerprint density at radius 2 is 0.500 bits per heavy atom. The molecule has 0 amide bonds. The minimum atomic E-state index is -0.195. The third-order valence-electron chi connectivity index (χ3n) is 12.4. The molecule has 0 atom stereocenters. The Morgan fingerprint density at radius 3 is 0.763 bits per heavy atom. The SMILES string of the molecule is CCCCCCCCSSCCOC(=O)CCN(CCCN(C)CCCN(CCC(=O)OCCSSCCCCCCCC)CCC(=O)OCCSSCCCCCCCC)CCC(=O)OCCSSCCCCCC. The number of esters is 4. The first-order chi connectivity index (χ1) is 37.2. The second-order valence-corrected chi connectivity index (χ2v) is 30.3. The number of nitrogens with zero attached hydrogens (tertiary/aromatic N) is 3. The minimum absolute atomic E-state index is 0.193. The van der Waals surface area contributed by atoms with Crippen LogP contribution in [-0.4, -0.2) is 170 Å². The van der Waals surface area contributed by atoms with Crippen molar-refractivity contribution in [3.8, 4) is 0 Å². The monoisotopic (exact) mass is 1220 g/mol. The van der Waals surface area contributed by atoms with Gasteiger partial charge in [0.1, 0.15) is 26.4 Å². The van der Waals surface area contributed by atoms with Crippen LogP contribution in [0.25, 0.3) is 0 Å². The number of carbonyl (C=O) groups excluding carboxylic acids is 4. The van der Waals surface area contributed by atoms with Gasteiger partial charge in [0.25, 0.3) is 0 Å². The van der Waals surface area contributed by atoms with E-state index in [0.29, 0.717) is 65.4 Å². The fourth-order valence-corrected chi connectivity index (χ4v) is 15.7. The second-order valence-electron chi connectivity index (χ2n) is 19.5. The van der Waals surface area contributed by atoms with Crippen molar-refractivity contribution in [2.75, 3.05) is 132 Å². The van der Waals surface area contributed by atoms with Crippen molar-refractivity contribution >= 4 is 110 Å². The Labute approximate surface area is 498 Å². The molecule has 0 aliphatic rings. The molecule has 0 unspecified atom stereocenters. The molecule has 0 rings (SSSR count). The lowest BCUT2D eigenvalue weighted by atomic mass is 10.1. The van der Waals surface area contributed by atoms with Crippen molar-refractivity contribution < 1.29 is 38.1 Å². The molecule has 0 fully saturated rings. The van der Waals surface area contributed by atoms with Crippen LogP contribution < -0.4 is 0 Å². The Balaban J connectivity index is 5.03. The first-order valence-corrected chi connectivity index (χ1v) is 39.9. The molecule has 0 bridgehead atoms. The second kappa shape index (κ2) is 63.1. The van der Waals surface area contributed by atoms with Crippen LogP contribution in [0.1, 0.15) is 207 Å². The maximum absolute atomic E-state index is 12.8. The van der Waals surface area contributed by atoms with Gasteiger partial charge in [-0.15, -0.1) is 0 Å². The van der Waals surface area contributed by atoms with Crippen LogP contribution >= 0.6 is 86.4 Å². The fraction of sp³-hybridized carbons (Fsp3) is 0.930. The summed E-state index contributed by atoms with van der Waals surface area (Å²) in [4.78, 5) is 57.9. The summed E-state index contributed by atoms with van der Waals surface area (Å²) >= 11 is 0. The number of rotatable bonds is 62. The van der Waals surface area contributed by atoms with Gasteiger partial charge in [-0.2, -0.15) is 0 Å². The van der Waals surface area contributed by atoms with Crippen LogP contribution in [0, 0.1) is 0 Å². The molecule has 0 saturated heterocycles. The molecule has 0 N–H and O–H groups in total. The third kappa shape index (κ3) is 59.2. The number of carbonyl (C=O) groups is 4. The van der Waals surface area contributed by atoms with Crippen LogP contribution in [0.2, 0.25) is 0 Å². The first kappa shape index (κ1) is 76.6. The molecule has 0 aliphatic carbocycles. The van der Waals surface area contributed by atoms with Gasteiger partial charge in [-0.25, -0.2) is 0 Å². The van der Waals surface area contributed by atoms with Crippen molar-refractivity contribution in [1.29, 1.82) is 0 Å². The Kier molecular flexibility index (Phi) is 63.6. The Morgan fingerprint density at radius 1 is 0.276 bits per heavy atom. The number of hydrogen-bond donors (Lipinski definition) is 0. The van der Waals surface area contributed by atoms with Crippen molar-refractivity contribution in [2.24, 2.45) is 0 Å². The topological polar surface area (TPSA) is 115 Å². The average Bonchev–Trinajstić information content (AvgIpc) is 3.41. The van der Waals surface area contributed by atoms with Crippen LogP contribution in [0.4, 0.5) is 0 Å². The van der Waals surface area contributed by atoms with Crippen molar-refractivity contribution in [3.05, 3.63) is 0 Å². The smallest absolute Gasteiger partial charge is 0.307 e. The van der Waals surface area contributed by atoms with Crippen LogP contribution in [-0.2, 0) is 38.1 Å². The van der Waals surface area contributed by atoms with Crippen LogP contribution in [0.5, 0.6) is 0 Å². The number of hydrogen-bond acceptors (Lipinski definition) is 19. The normalized spacial score (nSPS) is 11.6. The zero-order valence-corrected chi connectivity index (χ0v) is 55.3. The number of ether oxygens (including phenoxy) is 4. The predicted octanol–water partition coefficient (Wildman–Crippen LogP) is 16.2. The third-order valence-corrected chi connectivity index (χ3v) is 22.3. The van der Waals surface area contributed by atoms with Gasteiger partial charge in [0.15, 0.2) is 0 Å². The molecular weight excluding hydrogens is 1110 g/mol. The van der Waals surface area contributed by atoms with E-state index in [1.807, 2.05) is 43.2 Å². The Hall–Kier alpha value is 0.560. The summed E-state index contributed by atoms with van der Waals surface area (Å²) in [6.45, 7) is 16.0. The van der Waals surface area contributed by atoms with E-state index >= 15 is 0 Å². The highest BCUT2D eigenvalue weighted by atomic mass is 33.1. The van der Waals surface area contributed by atoms with Gasteiger partial charge in [0.05, 0.1) is 25.7 Å². The molecule has 450 valence electrons. The van der Waals surface area contributed by atoms with E-state index in [9.17, 15) is 19.2 Å².